The molecule has 112 valence electrons. The molecule has 0 aromatic heterocycles. The summed E-state index contributed by atoms with van der Waals surface area (Å²) in [5, 5.41) is 0. The van der Waals surface area contributed by atoms with Crippen LogP contribution in [0.15, 0.2) is 24.3 Å². The normalized spacial score (nSPS) is 26.5. The summed E-state index contributed by atoms with van der Waals surface area (Å²) in [7, 11) is 0. The van der Waals surface area contributed by atoms with Gasteiger partial charge in [-0.05, 0) is 50.4 Å². The van der Waals surface area contributed by atoms with Crippen LogP contribution in [0.1, 0.15) is 39.5 Å². The molecule has 1 fully saturated rings. The zero-order valence-corrected chi connectivity index (χ0v) is 12.7. The van der Waals surface area contributed by atoms with Crippen LogP contribution in [0, 0.1) is 17.2 Å². The van der Waals surface area contributed by atoms with E-state index in [9.17, 15) is 4.39 Å². The monoisotopic (exact) mass is 278 g/mol. The van der Waals surface area contributed by atoms with E-state index in [0.29, 0.717) is 0 Å². The molecular formula is C17H27FN2. The Morgan fingerprint density at radius 2 is 2.25 bits per heavy atom. The molecule has 1 saturated carbocycles. The quantitative estimate of drug-likeness (QED) is 0.887. The van der Waals surface area contributed by atoms with Crippen LogP contribution in [0.2, 0.25) is 0 Å². The first kappa shape index (κ1) is 15.3. The topological polar surface area (TPSA) is 29.3 Å². The zero-order chi connectivity index (χ0) is 14.6. The number of benzene rings is 1. The van der Waals surface area contributed by atoms with Crippen LogP contribution in [-0.4, -0.2) is 19.6 Å². The van der Waals surface area contributed by atoms with Gasteiger partial charge in [0.25, 0.3) is 0 Å². The van der Waals surface area contributed by atoms with Gasteiger partial charge in [-0.15, -0.1) is 0 Å². The fourth-order valence-corrected chi connectivity index (χ4v) is 3.63. The summed E-state index contributed by atoms with van der Waals surface area (Å²) in [6.07, 6.45) is 4.96. The molecule has 2 atom stereocenters. The van der Waals surface area contributed by atoms with Crippen LogP contribution in [0.5, 0.6) is 0 Å². The summed E-state index contributed by atoms with van der Waals surface area (Å²) >= 11 is 0. The molecule has 1 aromatic carbocycles. The molecule has 2 unspecified atom stereocenters. The van der Waals surface area contributed by atoms with Crippen molar-refractivity contribution in [1.82, 2.24) is 0 Å². The summed E-state index contributed by atoms with van der Waals surface area (Å²) in [5.74, 6) is 0.582. The molecule has 1 aliphatic rings. The highest BCUT2D eigenvalue weighted by Gasteiger charge is 2.35. The number of nitrogens with two attached hydrogens (primary N) is 1. The summed E-state index contributed by atoms with van der Waals surface area (Å²) in [6.45, 7) is 7.00. The van der Waals surface area contributed by atoms with E-state index in [2.05, 4.69) is 18.7 Å². The van der Waals surface area contributed by atoms with Crippen molar-refractivity contribution in [2.24, 2.45) is 17.1 Å². The molecule has 0 radical (unpaired) electrons. The summed E-state index contributed by atoms with van der Waals surface area (Å²) in [4.78, 5) is 2.27. The van der Waals surface area contributed by atoms with Gasteiger partial charge < -0.3 is 10.6 Å². The van der Waals surface area contributed by atoms with E-state index in [4.69, 9.17) is 5.73 Å². The van der Waals surface area contributed by atoms with E-state index < -0.39 is 0 Å². The number of anilines is 1. The van der Waals surface area contributed by atoms with Crippen LogP contribution >= 0.6 is 0 Å². The third-order valence-electron chi connectivity index (χ3n) is 4.70. The predicted octanol–water partition coefficient (Wildman–Crippen LogP) is 3.81. The SMILES string of the molecule is CCN(CC1(CN)CCCC(C)C1)c1cccc(F)c1. The van der Waals surface area contributed by atoms with E-state index in [0.717, 1.165) is 31.2 Å². The number of nitrogens with zero attached hydrogens (tertiary/aromatic N) is 1. The molecule has 0 aliphatic heterocycles. The lowest BCUT2D eigenvalue weighted by molar-refractivity contribution is 0.160. The van der Waals surface area contributed by atoms with Crippen molar-refractivity contribution in [2.45, 2.75) is 39.5 Å². The zero-order valence-electron chi connectivity index (χ0n) is 12.7. The first-order chi connectivity index (χ1) is 9.58. The van der Waals surface area contributed by atoms with Crippen LogP contribution in [-0.2, 0) is 0 Å². The minimum Gasteiger partial charge on any atom is -0.371 e. The van der Waals surface area contributed by atoms with Gasteiger partial charge in [-0.25, -0.2) is 4.39 Å². The first-order valence-corrected chi connectivity index (χ1v) is 7.79. The minimum absolute atomic E-state index is 0.167. The van der Waals surface area contributed by atoms with Gasteiger partial charge in [0.1, 0.15) is 5.82 Å². The molecule has 2 nitrogen and oxygen atoms in total. The Labute approximate surface area is 122 Å². The predicted molar refractivity (Wildman–Crippen MR) is 83.4 cm³/mol. The van der Waals surface area contributed by atoms with Crippen molar-refractivity contribution >= 4 is 5.69 Å². The number of hydrogen-bond acceptors (Lipinski definition) is 2. The van der Waals surface area contributed by atoms with Crippen LogP contribution in [0.25, 0.3) is 0 Å². The second kappa shape index (κ2) is 6.57. The van der Waals surface area contributed by atoms with E-state index in [1.807, 2.05) is 6.07 Å². The lowest BCUT2D eigenvalue weighted by atomic mass is 9.69. The first-order valence-electron chi connectivity index (χ1n) is 7.79. The lowest BCUT2D eigenvalue weighted by Crippen LogP contribution is -2.45. The number of halogens is 1. The lowest BCUT2D eigenvalue weighted by Gasteiger charge is -2.43. The Balaban J connectivity index is 2.15. The molecule has 0 saturated heterocycles. The average Bonchev–Trinajstić information content (AvgIpc) is 2.45. The summed E-state index contributed by atoms with van der Waals surface area (Å²) in [5.41, 5.74) is 7.28. The highest BCUT2D eigenvalue weighted by atomic mass is 19.1. The molecule has 2 N–H and O–H groups in total. The summed E-state index contributed by atoms with van der Waals surface area (Å²) in [6, 6.07) is 6.90. The molecule has 0 heterocycles. The van der Waals surface area contributed by atoms with E-state index in [1.165, 1.54) is 31.7 Å². The van der Waals surface area contributed by atoms with E-state index >= 15 is 0 Å². The van der Waals surface area contributed by atoms with Gasteiger partial charge in [0, 0.05) is 24.2 Å². The fourth-order valence-electron chi connectivity index (χ4n) is 3.63. The maximum absolute atomic E-state index is 13.4. The molecule has 2 rings (SSSR count). The van der Waals surface area contributed by atoms with Gasteiger partial charge in [-0.1, -0.05) is 25.8 Å². The largest absolute Gasteiger partial charge is 0.371 e. The van der Waals surface area contributed by atoms with E-state index in [-0.39, 0.29) is 11.2 Å². The second-order valence-electron chi connectivity index (χ2n) is 6.40. The van der Waals surface area contributed by atoms with Gasteiger partial charge in [-0.2, -0.15) is 0 Å². The van der Waals surface area contributed by atoms with Crippen molar-refractivity contribution < 1.29 is 4.39 Å². The van der Waals surface area contributed by atoms with Crippen LogP contribution < -0.4 is 10.6 Å². The Bertz CT molecular complexity index is 435. The minimum atomic E-state index is -0.167. The van der Waals surface area contributed by atoms with Crippen molar-refractivity contribution in [2.75, 3.05) is 24.5 Å². The van der Waals surface area contributed by atoms with Crippen LogP contribution in [0.3, 0.4) is 0 Å². The average molecular weight is 278 g/mol. The van der Waals surface area contributed by atoms with Gasteiger partial charge in [0.15, 0.2) is 0 Å². The van der Waals surface area contributed by atoms with Crippen molar-refractivity contribution in [3.05, 3.63) is 30.1 Å². The molecule has 1 aliphatic carbocycles. The maximum atomic E-state index is 13.4. The number of rotatable bonds is 5. The Morgan fingerprint density at radius 3 is 2.85 bits per heavy atom. The molecule has 20 heavy (non-hydrogen) atoms. The molecule has 0 bridgehead atoms. The van der Waals surface area contributed by atoms with Gasteiger partial charge in [0.05, 0.1) is 0 Å². The smallest absolute Gasteiger partial charge is 0.125 e. The maximum Gasteiger partial charge on any atom is 0.125 e. The highest BCUT2D eigenvalue weighted by Crippen LogP contribution is 2.40. The molecular weight excluding hydrogens is 251 g/mol. The molecule has 0 spiro atoms. The Morgan fingerprint density at radius 1 is 1.45 bits per heavy atom. The fraction of sp³-hybridized carbons (Fsp3) is 0.647. The molecule has 1 aromatic rings. The Kier molecular flexibility index (Phi) is 5.03. The summed E-state index contributed by atoms with van der Waals surface area (Å²) < 4.78 is 13.4. The van der Waals surface area contributed by atoms with E-state index in [1.54, 1.807) is 12.1 Å². The van der Waals surface area contributed by atoms with Crippen molar-refractivity contribution in [3.8, 4) is 0 Å². The van der Waals surface area contributed by atoms with Crippen molar-refractivity contribution in [1.29, 1.82) is 0 Å². The highest BCUT2D eigenvalue weighted by molar-refractivity contribution is 5.46. The van der Waals surface area contributed by atoms with Gasteiger partial charge in [0.2, 0.25) is 0 Å². The third kappa shape index (κ3) is 3.51. The number of hydrogen-bond donors (Lipinski definition) is 1. The molecule has 3 heteroatoms. The van der Waals surface area contributed by atoms with Gasteiger partial charge in [-0.3, -0.25) is 0 Å². The third-order valence-corrected chi connectivity index (χ3v) is 4.70. The van der Waals surface area contributed by atoms with Crippen LogP contribution in [0.4, 0.5) is 10.1 Å². The van der Waals surface area contributed by atoms with Gasteiger partial charge >= 0.3 is 0 Å². The Hall–Kier alpha value is -1.09. The van der Waals surface area contributed by atoms with Crippen molar-refractivity contribution in [3.63, 3.8) is 0 Å². The molecule has 0 amide bonds. The second-order valence-corrected chi connectivity index (χ2v) is 6.40. The standard InChI is InChI=1S/C17H27FN2/c1-3-20(16-8-4-7-15(18)10-16)13-17(12-19)9-5-6-14(2)11-17/h4,7-8,10,14H,3,5-6,9,11-13,19H2,1-2H3.